The Bertz CT molecular complexity index is 360. The van der Waals surface area contributed by atoms with E-state index in [1.807, 2.05) is 0 Å². The van der Waals surface area contributed by atoms with Crippen LogP contribution in [-0.2, 0) is 4.79 Å². The molecule has 0 unspecified atom stereocenters. The number of carbonyl (C=O) groups is 2. The van der Waals surface area contributed by atoms with Crippen LogP contribution in [0.25, 0.3) is 0 Å². The summed E-state index contributed by atoms with van der Waals surface area (Å²) in [5.41, 5.74) is -0.240. The van der Waals surface area contributed by atoms with E-state index in [4.69, 9.17) is 7.85 Å². The first-order valence-electron chi connectivity index (χ1n) is 6.77. The maximum absolute atomic E-state index is 11.5. The van der Waals surface area contributed by atoms with Gasteiger partial charge in [0, 0.05) is 5.41 Å². The summed E-state index contributed by atoms with van der Waals surface area (Å²) in [7, 11) is 5.14. The van der Waals surface area contributed by atoms with E-state index >= 15 is 0 Å². The lowest BCUT2D eigenvalue weighted by molar-refractivity contribution is -0.150. The number of rotatable bonds is 3. The third-order valence-electron chi connectivity index (χ3n) is 5.23. The molecular formula is C13H18BNO3. The van der Waals surface area contributed by atoms with E-state index in [-0.39, 0.29) is 5.41 Å². The zero-order chi connectivity index (χ0) is 12.9. The second-order valence-corrected chi connectivity index (χ2v) is 6.56. The molecule has 4 aliphatic carbocycles. The minimum atomic E-state index is -0.934. The summed E-state index contributed by atoms with van der Waals surface area (Å²) in [5, 5.41) is 11.9. The molecule has 0 aromatic carbocycles. The fraction of sp³-hybridized carbons (Fsp3) is 0.846. The van der Waals surface area contributed by atoms with E-state index in [2.05, 4.69) is 5.32 Å². The molecule has 96 valence electrons. The van der Waals surface area contributed by atoms with Gasteiger partial charge >= 0.3 is 5.97 Å². The molecule has 2 N–H and O–H groups in total. The fourth-order valence-electron chi connectivity index (χ4n) is 5.15. The predicted octanol–water partition coefficient (Wildman–Crippen LogP) is 1.53. The zero-order valence-electron chi connectivity index (χ0n) is 10.4. The Morgan fingerprint density at radius 1 is 1.11 bits per heavy atom. The lowest BCUT2D eigenvalue weighted by Gasteiger charge is -2.58. The lowest BCUT2D eigenvalue weighted by atomic mass is 9.47. The Morgan fingerprint density at radius 2 is 1.56 bits per heavy atom. The highest BCUT2D eigenvalue weighted by Gasteiger charge is 2.56. The SMILES string of the molecule is [B]C(=O)N[C@H](C(=O)O)C12CC3CC(CC(C3)C1)C2. The minimum Gasteiger partial charge on any atom is -0.480 e. The summed E-state index contributed by atoms with van der Waals surface area (Å²) < 4.78 is 0. The van der Waals surface area contributed by atoms with Gasteiger partial charge in [0.2, 0.25) is 7.85 Å². The van der Waals surface area contributed by atoms with Gasteiger partial charge in [-0.15, -0.1) is 0 Å². The van der Waals surface area contributed by atoms with Crippen LogP contribution in [0.1, 0.15) is 38.5 Å². The number of hydrogen-bond acceptors (Lipinski definition) is 2. The van der Waals surface area contributed by atoms with Crippen LogP contribution in [0.4, 0.5) is 4.79 Å². The molecule has 4 aliphatic rings. The highest BCUT2D eigenvalue weighted by molar-refractivity contribution is 6.57. The summed E-state index contributed by atoms with van der Waals surface area (Å²) in [6.07, 6.45) is 6.58. The highest BCUT2D eigenvalue weighted by Crippen LogP contribution is 2.61. The van der Waals surface area contributed by atoms with Gasteiger partial charge in [-0.25, -0.2) is 4.79 Å². The Balaban J connectivity index is 1.88. The van der Waals surface area contributed by atoms with Crippen LogP contribution in [0.3, 0.4) is 0 Å². The average Bonchev–Trinajstić information content (AvgIpc) is 2.23. The molecule has 4 fully saturated rings. The molecule has 0 aromatic rings. The van der Waals surface area contributed by atoms with Crippen molar-refractivity contribution in [1.82, 2.24) is 5.32 Å². The second kappa shape index (κ2) is 4.00. The number of amides is 1. The first-order chi connectivity index (χ1) is 8.48. The van der Waals surface area contributed by atoms with Crippen molar-refractivity contribution in [2.24, 2.45) is 23.2 Å². The maximum Gasteiger partial charge on any atom is 0.326 e. The third-order valence-corrected chi connectivity index (χ3v) is 5.23. The van der Waals surface area contributed by atoms with Crippen molar-refractivity contribution in [2.75, 3.05) is 0 Å². The van der Waals surface area contributed by atoms with Crippen LogP contribution in [0, 0.1) is 23.2 Å². The second-order valence-electron chi connectivity index (χ2n) is 6.56. The van der Waals surface area contributed by atoms with Gasteiger partial charge in [0.15, 0.2) is 5.81 Å². The molecular weight excluding hydrogens is 229 g/mol. The summed E-state index contributed by atoms with van der Waals surface area (Å²) in [6, 6.07) is -0.802. The summed E-state index contributed by atoms with van der Waals surface area (Å²) in [6.45, 7) is 0. The molecule has 0 saturated heterocycles. The Hall–Kier alpha value is -0.995. The highest BCUT2D eigenvalue weighted by atomic mass is 16.4. The summed E-state index contributed by atoms with van der Waals surface area (Å²) >= 11 is 0. The molecule has 1 amide bonds. The smallest absolute Gasteiger partial charge is 0.326 e. The number of hydrogen-bond donors (Lipinski definition) is 2. The largest absolute Gasteiger partial charge is 0.480 e. The standard InChI is InChI=1S/C13H18BNO3/c14-12(18)15-10(11(16)17)13-4-7-1-8(5-13)3-9(2-7)6-13/h7-10H,1-6H2,(H,15,18)(H,16,17)/t7?,8?,9?,10-,13?/m1/s1. The van der Waals surface area contributed by atoms with Gasteiger partial charge < -0.3 is 10.4 Å². The molecule has 4 rings (SSSR count). The molecule has 4 nitrogen and oxygen atoms in total. The number of nitrogens with one attached hydrogen (secondary N) is 1. The first kappa shape index (κ1) is 12.1. The zero-order valence-corrected chi connectivity index (χ0v) is 10.4. The molecule has 1 atom stereocenters. The van der Waals surface area contributed by atoms with E-state index in [0.717, 1.165) is 19.3 Å². The van der Waals surface area contributed by atoms with Crippen LogP contribution in [-0.4, -0.2) is 30.8 Å². The van der Waals surface area contributed by atoms with E-state index in [1.54, 1.807) is 0 Å². The van der Waals surface area contributed by atoms with E-state index in [0.29, 0.717) is 17.8 Å². The molecule has 4 bridgehead atoms. The summed E-state index contributed by atoms with van der Waals surface area (Å²) in [5.74, 6) is 0.322. The Kier molecular flexibility index (Phi) is 2.68. The monoisotopic (exact) mass is 247 g/mol. The minimum absolute atomic E-state index is 0.240. The number of carboxylic acid groups (broad SMARTS) is 1. The molecule has 2 radical (unpaired) electrons. The van der Waals surface area contributed by atoms with Crippen LogP contribution in [0.2, 0.25) is 0 Å². The van der Waals surface area contributed by atoms with Crippen LogP contribution < -0.4 is 5.32 Å². The number of carboxylic acids is 1. The Labute approximate surface area is 108 Å². The molecule has 0 heterocycles. The molecule has 18 heavy (non-hydrogen) atoms. The number of carbonyl (C=O) groups excluding carboxylic acids is 1. The van der Waals surface area contributed by atoms with E-state index in [9.17, 15) is 14.7 Å². The van der Waals surface area contributed by atoms with Crippen molar-refractivity contribution in [3.05, 3.63) is 0 Å². The van der Waals surface area contributed by atoms with Crippen LogP contribution >= 0.6 is 0 Å². The van der Waals surface area contributed by atoms with E-state index in [1.165, 1.54) is 19.3 Å². The van der Waals surface area contributed by atoms with Gasteiger partial charge in [-0.2, -0.15) is 0 Å². The van der Waals surface area contributed by atoms with Gasteiger partial charge in [0.1, 0.15) is 6.04 Å². The topological polar surface area (TPSA) is 66.4 Å². The van der Waals surface area contributed by atoms with Crippen molar-refractivity contribution in [3.8, 4) is 0 Å². The molecule has 5 heteroatoms. The normalized spacial score (nSPS) is 42.6. The molecule has 0 aliphatic heterocycles. The van der Waals surface area contributed by atoms with Gasteiger partial charge in [0.05, 0.1) is 0 Å². The van der Waals surface area contributed by atoms with Crippen LogP contribution in [0.15, 0.2) is 0 Å². The van der Waals surface area contributed by atoms with Gasteiger partial charge in [-0.05, 0) is 56.3 Å². The van der Waals surface area contributed by atoms with Crippen molar-refractivity contribution in [1.29, 1.82) is 0 Å². The predicted molar refractivity (Wildman–Crippen MR) is 66.3 cm³/mol. The van der Waals surface area contributed by atoms with Gasteiger partial charge in [-0.1, -0.05) is 0 Å². The Morgan fingerprint density at radius 3 is 1.89 bits per heavy atom. The maximum atomic E-state index is 11.5. The van der Waals surface area contributed by atoms with Crippen molar-refractivity contribution >= 4 is 19.6 Å². The number of aliphatic carboxylic acids is 1. The summed E-state index contributed by atoms with van der Waals surface area (Å²) in [4.78, 5) is 22.5. The fourth-order valence-corrected chi connectivity index (χ4v) is 5.15. The van der Waals surface area contributed by atoms with Crippen molar-refractivity contribution in [3.63, 3.8) is 0 Å². The molecule has 4 saturated carbocycles. The molecule has 0 aromatic heterocycles. The van der Waals surface area contributed by atoms with Gasteiger partial charge in [-0.3, -0.25) is 4.79 Å². The molecule has 0 spiro atoms. The average molecular weight is 247 g/mol. The van der Waals surface area contributed by atoms with Gasteiger partial charge in [0.25, 0.3) is 0 Å². The lowest BCUT2D eigenvalue weighted by Crippen LogP contribution is -2.59. The van der Waals surface area contributed by atoms with Crippen LogP contribution in [0.5, 0.6) is 0 Å². The van der Waals surface area contributed by atoms with Crippen molar-refractivity contribution in [2.45, 2.75) is 44.6 Å². The quantitative estimate of drug-likeness (QED) is 0.743. The van der Waals surface area contributed by atoms with Crippen molar-refractivity contribution < 1.29 is 14.7 Å². The van der Waals surface area contributed by atoms with E-state index < -0.39 is 17.8 Å². The third kappa shape index (κ3) is 1.84. The first-order valence-corrected chi connectivity index (χ1v) is 6.77.